The first-order valence-electron chi connectivity index (χ1n) is 8.65. The molecule has 1 amide bonds. The predicted octanol–water partition coefficient (Wildman–Crippen LogP) is 3.54. The van der Waals surface area contributed by atoms with E-state index in [2.05, 4.69) is 10.4 Å². The molecular formula is C17H24F3N3O. The maximum atomic E-state index is 12.6. The first-order chi connectivity index (χ1) is 11.2. The van der Waals surface area contributed by atoms with Gasteiger partial charge in [0.05, 0.1) is 0 Å². The number of carbonyl (C=O) groups is 1. The van der Waals surface area contributed by atoms with Gasteiger partial charge in [0.1, 0.15) is 0 Å². The molecule has 1 heterocycles. The minimum atomic E-state index is -4.45. The van der Waals surface area contributed by atoms with Gasteiger partial charge in [0.2, 0.25) is 5.91 Å². The molecule has 2 fully saturated rings. The summed E-state index contributed by atoms with van der Waals surface area (Å²) in [5, 5.41) is 6.58. The van der Waals surface area contributed by atoms with Crippen molar-refractivity contribution in [1.82, 2.24) is 15.1 Å². The summed E-state index contributed by atoms with van der Waals surface area (Å²) in [6.07, 6.45) is 0.765. The van der Waals surface area contributed by atoms with Gasteiger partial charge in [-0.1, -0.05) is 6.42 Å². The van der Waals surface area contributed by atoms with E-state index in [1.807, 2.05) is 6.92 Å². The Kier molecular flexibility index (Phi) is 4.62. The van der Waals surface area contributed by atoms with E-state index in [1.54, 1.807) is 6.92 Å². The van der Waals surface area contributed by atoms with E-state index < -0.39 is 11.9 Å². The van der Waals surface area contributed by atoms with Crippen molar-refractivity contribution in [3.8, 4) is 0 Å². The molecule has 0 saturated heterocycles. The number of carbonyl (C=O) groups excluding carboxylic acids is 1. The Morgan fingerprint density at radius 2 is 2.17 bits per heavy atom. The lowest BCUT2D eigenvalue weighted by Crippen LogP contribution is -2.40. The van der Waals surface area contributed by atoms with E-state index >= 15 is 0 Å². The minimum absolute atomic E-state index is 0.117. The van der Waals surface area contributed by atoms with Gasteiger partial charge in [-0.05, 0) is 56.9 Å². The van der Waals surface area contributed by atoms with Crippen LogP contribution in [0.3, 0.4) is 0 Å². The molecule has 0 spiro atoms. The van der Waals surface area contributed by atoms with Gasteiger partial charge in [0, 0.05) is 24.7 Å². The Balaban J connectivity index is 1.50. The van der Waals surface area contributed by atoms with Gasteiger partial charge in [-0.15, -0.1) is 0 Å². The normalized spacial score (nSPS) is 27.5. The summed E-state index contributed by atoms with van der Waals surface area (Å²) in [5.41, 5.74) is -0.493. The molecule has 1 aromatic rings. The minimum Gasteiger partial charge on any atom is -0.353 e. The van der Waals surface area contributed by atoms with Crippen LogP contribution in [-0.4, -0.2) is 21.7 Å². The molecule has 3 rings (SSSR count). The van der Waals surface area contributed by atoms with Gasteiger partial charge < -0.3 is 5.32 Å². The van der Waals surface area contributed by atoms with Crippen LogP contribution in [0.2, 0.25) is 0 Å². The highest BCUT2D eigenvalue weighted by Gasteiger charge is 2.42. The smallest absolute Gasteiger partial charge is 0.353 e. The summed E-state index contributed by atoms with van der Waals surface area (Å²) < 4.78 is 39.2. The molecule has 4 nitrogen and oxygen atoms in total. The van der Waals surface area contributed by atoms with Crippen LogP contribution in [0.5, 0.6) is 0 Å². The van der Waals surface area contributed by atoms with Crippen LogP contribution >= 0.6 is 0 Å². The fourth-order valence-corrected chi connectivity index (χ4v) is 4.42. The molecule has 1 N–H and O–H groups in total. The van der Waals surface area contributed by atoms with E-state index in [-0.39, 0.29) is 24.9 Å². The average molecular weight is 343 g/mol. The molecule has 2 aliphatic rings. The molecule has 2 bridgehead atoms. The molecule has 1 aromatic heterocycles. The summed E-state index contributed by atoms with van der Waals surface area (Å²) in [6.45, 7) is 3.78. The molecule has 0 radical (unpaired) electrons. The highest BCUT2D eigenvalue weighted by molar-refractivity contribution is 5.76. The van der Waals surface area contributed by atoms with Crippen molar-refractivity contribution >= 4 is 5.91 Å². The van der Waals surface area contributed by atoms with Gasteiger partial charge >= 0.3 is 6.18 Å². The van der Waals surface area contributed by atoms with Crippen LogP contribution in [0.25, 0.3) is 0 Å². The van der Waals surface area contributed by atoms with E-state index in [0.29, 0.717) is 11.6 Å². The quantitative estimate of drug-likeness (QED) is 0.889. The third kappa shape index (κ3) is 3.59. The predicted molar refractivity (Wildman–Crippen MR) is 83.1 cm³/mol. The molecular weight excluding hydrogens is 319 g/mol. The SMILES string of the molecule is Cc1cc(C(F)(F)F)nn1CCC(=O)N[C@@H](C)[C@H]1C[C@H]2CC[C@H]1C2. The van der Waals surface area contributed by atoms with E-state index in [9.17, 15) is 18.0 Å². The number of halogens is 3. The number of hydrogen-bond acceptors (Lipinski definition) is 2. The van der Waals surface area contributed by atoms with Gasteiger partial charge in [-0.25, -0.2) is 0 Å². The van der Waals surface area contributed by atoms with Crippen molar-refractivity contribution in [1.29, 1.82) is 0 Å². The lowest BCUT2D eigenvalue weighted by molar-refractivity contribution is -0.141. The number of nitrogens with zero attached hydrogens (tertiary/aromatic N) is 2. The zero-order valence-corrected chi connectivity index (χ0v) is 14.1. The Labute approximate surface area is 139 Å². The number of fused-ring (bicyclic) bond motifs is 2. The van der Waals surface area contributed by atoms with E-state index in [0.717, 1.165) is 17.9 Å². The molecule has 134 valence electrons. The van der Waals surface area contributed by atoms with Gasteiger partial charge in [0.25, 0.3) is 0 Å². The lowest BCUT2D eigenvalue weighted by atomic mass is 9.84. The zero-order chi connectivity index (χ0) is 17.5. The van der Waals surface area contributed by atoms with Crippen LogP contribution in [0, 0.1) is 24.7 Å². The number of nitrogens with one attached hydrogen (secondary N) is 1. The average Bonchev–Trinajstić information content (AvgIpc) is 3.19. The van der Waals surface area contributed by atoms with Crippen molar-refractivity contribution in [2.24, 2.45) is 17.8 Å². The van der Waals surface area contributed by atoms with Gasteiger partial charge in [-0.3, -0.25) is 9.48 Å². The third-order valence-electron chi connectivity index (χ3n) is 5.65. The zero-order valence-electron chi connectivity index (χ0n) is 14.1. The standard InChI is InChI=1S/C17H24F3N3O/c1-10-7-15(17(18,19)20)22-23(10)6-5-16(24)21-11(2)14-9-12-3-4-13(14)8-12/h7,11-14H,3-6,8-9H2,1-2H3,(H,21,24)/t11-,12-,13-,14+/m0/s1. The number of amides is 1. The largest absolute Gasteiger partial charge is 0.435 e. The molecule has 7 heteroatoms. The van der Waals surface area contributed by atoms with Crippen LogP contribution < -0.4 is 5.32 Å². The van der Waals surface area contributed by atoms with Crippen LogP contribution in [0.4, 0.5) is 13.2 Å². The maximum absolute atomic E-state index is 12.6. The highest BCUT2D eigenvalue weighted by Crippen LogP contribution is 2.49. The summed E-state index contributed by atoms with van der Waals surface area (Å²) >= 11 is 0. The second-order valence-electron chi connectivity index (χ2n) is 7.34. The van der Waals surface area contributed by atoms with E-state index in [4.69, 9.17) is 0 Å². The topological polar surface area (TPSA) is 46.9 Å². The summed E-state index contributed by atoms with van der Waals surface area (Å²) in [4.78, 5) is 12.1. The fraction of sp³-hybridized carbons (Fsp3) is 0.765. The molecule has 2 saturated carbocycles. The summed E-state index contributed by atoms with van der Waals surface area (Å²) in [6, 6.07) is 1.15. The van der Waals surface area contributed by atoms with Crippen LogP contribution in [0.15, 0.2) is 6.07 Å². The molecule has 0 unspecified atom stereocenters. The van der Waals surface area contributed by atoms with Crippen molar-refractivity contribution < 1.29 is 18.0 Å². The Morgan fingerprint density at radius 1 is 1.42 bits per heavy atom. The number of hydrogen-bond donors (Lipinski definition) is 1. The Bertz CT molecular complexity index is 611. The third-order valence-corrected chi connectivity index (χ3v) is 5.65. The van der Waals surface area contributed by atoms with Gasteiger partial charge in [0.15, 0.2) is 5.69 Å². The van der Waals surface area contributed by atoms with Gasteiger partial charge in [-0.2, -0.15) is 18.3 Å². The number of aryl methyl sites for hydroxylation is 2. The molecule has 2 aliphatic carbocycles. The first-order valence-corrected chi connectivity index (χ1v) is 8.65. The van der Waals surface area contributed by atoms with Crippen LogP contribution in [0.1, 0.15) is 50.4 Å². The summed E-state index contributed by atoms with van der Waals surface area (Å²) in [7, 11) is 0. The van der Waals surface area contributed by atoms with Crippen LogP contribution in [-0.2, 0) is 17.5 Å². The monoisotopic (exact) mass is 343 g/mol. The second kappa shape index (κ2) is 6.41. The summed E-state index contributed by atoms with van der Waals surface area (Å²) in [5.74, 6) is 1.99. The first kappa shape index (κ1) is 17.3. The Morgan fingerprint density at radius 3 is 2.71 bits per heavy atom. The Hall–Kier alpha value is -1.53. The molecule has 4 atom stereocenters. The van der Waals surface area contributed by atoms with E-state index in [1.165, 1.54) is 30.4 Å². The fourth-order valence-electron chi connectivity index (χ4n) is 4.42. The van der Waals surface area contributed by atoms with Crippen molar-refractivity contribution in [3.05, 3.63) is 17.5 Å². The van der Waals surface area contributed by atoms with Crippen molar-refractivity contribution in [2.75, 3.05) is 0 Å². The lowest BCUT2D eigenvalue weighted by Gasteiger charge is -2.28. The molecule has 0 aliphatic heterocycles. The highest BCUT2D eigenvalue weighted by atomic mass is 19.4. The number of aromatic nitrogens is 2. The molecule has 0 aromatic carbocycles. The maximum Gasteiger partial charge on any atom is 0.435 e. The van der Waals surface area contributed by atoms with Crippen molar-refractivity contribution in [3.63, 3.8) is 0 Å². The molecule has 24 heavy (non-hydrogen) atoms. The number of rotatable bonds is 5. The number of alkyl halides is 3. The van der Waals surface area contributed by atoms with Crippen molar-refractivity contribution in [2.45, 2.75) is 64.7 Å². The second-order valence-corrected chi connectivity index (χ2v) is 7.34.